The van der Waals surface area contributed by atoms with Crippen molar-refractivity contribution in [2.24, 2.45) is 0 Å². The molecule has 0 saturated heterocycles. The van der Waals surface area contributed by atoms with Crippen molar-refractivity contribution in [1.29, 1.82) is 0 Å². The number of benzene rings is 1. The van der Waals surface area contributed by atoms with Gasteiger partial charge in [-0.25, -0.2) is 4.39 Å². The Morgan fingerprint density at radius 2 is 2.06 bits per heavy atom. The Morgan fingerprint density at radius 1 is 1.28 bits per heavy atom. The summed E-state index contributed by atoms with van der Waals surface area (Å²) in [5.41, 5.74) is 0.916. The third kappa shape index (κ3) is 3.65. The highest BCUT2D eigenvalue weighted by Crippen LogP contribution is 2.20. The Balaban J connectivity index is 1.97. The van der Waals surface area contributed by atoms with Gasteiger partial charge < -0.3 is 9.73 Å². The molecule has 1 heterocycles. The van der Waals surface area contributed by atoms with Crippen molar-refractivity contribution in [3.8, 4) is 0 Å². The van der Waals surface area contributed by atoms with Crippen molar-refractivity contribution in [3.63, 3.8) is 0 Å². The lowest BCUT2D eigenvalue weighted by molar-refractivity contribution is 0.487. The van der Waals surface area contributed by atoms with Crippen LogP contribution in [0.25, 0.3) is 0 Å². The zero-order valence-electron chi connectivity index (χ0n) is 9.87. The second-order valence-corrected chi connectivity index (χ2v) is 5.81. The van der Waals surface area contributed by atoms with Gasteiger partial charge in [0.25, 0.3) is 0 Å². The minimum absolute atomic E-state index is 0.217. The fourth-order valence-corrected chi connectivity index (χ4v) is 2.66. The maximum atomic E-state index is 12.9. The standard InChI is InChI=1S/C13H13FINOS/c1-18-8-11-4-3-10(17-11)7-16-13-5-2-9(14)6-12(13)15/h2-6,16H,7-8H2,1H3. The van der Waals surface area contributed by atoms with Gasteiger partial charge in [-0.2, -0.15) is 11.8 Å². The van der Waals surface area contributed by atoms with Gasteiger partial charge in [0.05, 0.1) is 12.3 Å². The SMILES string of the molecule is CSCc1ccc(CNc2ccc(F)cc2I)o1. The molecule has 5 heteroatoms. The summed E-state index contributed by atoms with van der Waals surface area (Å²) in [5.74, 6) is 2.53. The first-order valence-corrected chi connectivity index (χ1v) is 7.92. The molecule has 18 heavy (non-hydrogen) atoms. The first kappa shape index (κ1) is 13.7. The molecule has 2 nitrogen and oxygen atoms in total. The van der Waals surface area contributed by atoms with Crippen molar-refractivity contribution in [2.45, 2.75) is 12.3 Å². The van der Waals surface area contributed by atoms with E-state index in [2.05, 4.69) is 27.9 Å². The lowest BCUT2D eigenvalue weighted by Gasteiger charge is -2.06. The second-order valence-electron chi connectivity index (χ2n) is 3.78. The molecule has 0 aliphatic heterocycles. The minimum atomic E-state index is -0.217. The van der Waals surface area contributed by atoms with Crippen LogP contribution in [0.15, 0.2) is 34.7 Å². The summed E-state index contributed by atoms with van der Waals surface area (Å²) >= 11 is 3.84. The van der Waals surface area contributed by atoms with Crippen LogP contribution in [0.3, 0.4) is 0 Å². The van der Waals surface area contributed by atoms with Gasteiger partial charge in [-0.05, 0) is 59.2 Å². The van der Waals surface area contributed by atoms with E-state index in [1.165, 1.54) is 12.1 Å². The topological polar surface area (TPSA) is 25.2 Å². The number of anilines is 1. The molecule has 0 unspecified atom stereocenters. The summed E-state index contributed by atoms with van der Waals surface area (Å²) in [5, 5.41) is 3.24. The summed E-state index contributed by atoms with van der Waals surface area (Å²) in [6, 6.07) is 8.65. The van der Waals surface area contributed by atoms with E-state index in [4.69, 9.17) is 4.42 Å². The first-order valence-electron chi connectivity index (χ1n) is 5.44. The normalized spacial score (nSPS) is 10.6. The molecule has 0 bridgehead atoms. The van der Waals surface area contributed by atoms with Crippen LogP contribution in [0, 0.1) is 9.39 Å². The van der Waals surface area contributed by atoms with Gasteiger partial charge in [0.15, 0.2) is 0 Å². The summed E-state index contributed by atoms with van der Waals surface area (Å²) in [7, 11) is 0. The maximum absolute atomic E-state index is 12.9. The van der Waals surface area contributed by atoms with E-state index in [0.29, 0.717) is 6.54 Å². The van der Waals surface area contributed by atoms with Crippen molar-refractivity contribution in [2.75, 3.05) is 11.6 Å². The molecule has 0 amide bonds. The highest BCUT2D eigenvalue weighted by Gasteiger charge is 2.04. The van der Waals surface area contributed by atoms with Crippen LogP contribution in [0.2, 0.25) is 0 Å². The predicted octanol–water partition coefficient (Wildman–Crippen LogP) is 4.50. The van der Waals surface area contributed by atoms with Crippen LogP contribution < -0.4 is 5.32 Å². The van der Waals surface area contributed by atoms with E-state index in [0.717, 1.165) is 26.5 Å². The minimum Gasteiger partial charge on any atom is -0.463 e. The van der Waals surface area contributed by atoms with Crippen LogP contribution in [-0.2, 0) is 12.3 Å². The summed E-state index contributed by atoms with van der Waals surface area (Å²) in [6.07, 6.45) is 2.04. The number of hydrogen-bond acceptors (Lipinski definition) is 3. The van der Waals surface area contributed by atoms with Gasteiger partial charge in [-0.3, -0.25) is 0 Å². The molecule has 2 aromatic rings. The zero-order valence-corrected chi connectivity index (χ0v) is 12.8. The van der Waals surface area contributed by atoms with Crippen LogP contribution >= 0.6 is 34.4 Å². The number of hydrogen-bond donors (Lipinski definition) is 1. The van der Waals surface area contributed by atoms with Gasteiger partial charge in [0.1, 0.15) is 17.3 Å². The van der Waals surface area contributed by atoms with Crippen LogP contribution in [0.4, 0.5) is 10.1 Å². The average Bonchev–Trinajstić information content (AvgIpc) is 2.76. The highest BCUT2D eigenvalue weighted by molar-refractivity contribution is 14.1. The molecule has 0 spiro atoms. The molecule has 0 aliphatic rings. The molecule has 1 aromatic heterocycles. The maximum Gasteiger partial charge on any atom is 0.124 e. The summed E-state index contributed by atoms with van der Waals surface area (Å²) in [6.45, 7) is 0.607. The molecule has 1 N–H and O–H groups in total. The van der Waals surface area contributed by atoms with Crippen LogP contribution in [0.5, 0.6) is 0 Å². The average molecular weight is 377 g/mol. The molecule has 2 rings (SSSR count). The van der Waals surface area contributed by atoms with Gasteiger partial charge in [0, 0.05) is 9.26 Å². The van der Waals surface area contributed by atoms with Gasteiger partial charge in [-0.15, -0.1) is 0 Å². The Hall–Kier alpha value is -0.690. The van der Waals surface area contributed by atoms with E-state index in [1.807, 2.05) is 18.4 Å². The molecule has 0 aliphatic carbocycles. The molecule has 1 aromatic carbocycles. The monoisotopic (exact) mass is 377 g/mol. The molecular formula is C13H13FINOS. The van der Waals surface area contributed by atoms with Gasteiger partial charge in [-0.1, -0.05) is 0 Å². The number of thioether (sulfide) groups is 1. The number of halogens is 2. The van der Waals surface area contributed by atoms with Crippen molar-refractivity contribution < 1.29 is 8.81 Å². The molecular weight excluding hydrogens is 364 g/mol. The number of furan rings is 1. The summed E-state index contributed by atoms with van der Waals surface area (Å²) < 4.78 is 19.5. The van der Waals surface area contributed by atoms with Gasteiger partial charge in [0.2, 0.25) is 0 Å². The van der Waals surface area contributed by atoms with E-state index in [1.54, 1.807) is 17.8 Å². The third-order valence-electron chi connectivity index (χ3n) is 2.39. The van der Waals surface area contributed by atoms with E-state index in [9.17, 15) is 4.39 Å². The Bertz CT molecular complexity index is 529. The van der Waals surface area contributed by atoms with Crippen LogP contribution in [-0.4, -0.2) is 6.26 Å². The Labute approximate surface area is 123 Å². The molecule has 0 radical (unpaired) electrons. The fourth-order valence-electron chi connectivity index (χ4n) is 1.55. The second kappa shape index (κ2) is 6.47. The largest absolute Gasteiger partial charge is 0.463 e. The number of rotatable bonds is 5. The Morgan fingerprint density at radius 3 is 2.78 bits per heavy atom. The highest BCUT2D eigenvalue weighted by atomic mass is 127. The van der Waals surface area contributed by atoms with Crippen LogP contribution in [0.1, 0.15) is 11.5 Å². The van der Waals surface area contributed by atoms with Crippen molar-refractivity contribution in [3.05, 3.63) is 51.2 Å². The van der Waals surface area contributed by atoms with Gasteiger partial charge >= 0.3 is 0 Å². The van der Waals surface area contributed by atoms with E-state index < -0.39 is 0 Å². The fraction of sp³-hybridized carbons (Fsp3) is 0.231. The lowest BCUT2D eigenvalue weighted by atomic mass is 10.3. The van der Waals surface area contributed by atoms with E-state index in [-0.39, 0.29) is 5.82 Å². The molecule has 0 saturated carbocycles. The summed E-state index contributed by atoms with van der Waals surface area (Å²) in [4.78, 5) is 0. The number of nitrogens with one attached hydrogen (secondary N) is 1. The smallest absolute Gasteiger partial charge is 0.124 e. The molecule has 96 valence electrons. The zero-order chi connectivity index (χ0) is 13.0. The predicted molar refractivity (Wildman–Crippen MR) is 82.4 cm³/mol. The lowest BCUT2D eigenvalue weighted by Crippen LogP contribution is -2.00. The van der Waals surface area contributed by atoms with Crippen molar-refractivity contribution >= 4 is 40.0 Å². The molecule has 0 atom stereocenters. The Kier molecular flexibility index (Phi) is 4.94. The van der Waals surface area contributed by atoms with Crippen molar-refractivity contribution in [1.82, 2.24) is 0 Å². The molecule has 0 fully saturated rings. The quantitative estimate of drug-likeness (QED) is 0.777. The van der Waals surface area contributed by atoms with E-state index >= 15 is 0 Å². The first-order chi connectivity index (χ1) is 8.69. The third-order valence-corrected chi connectivity index (χ3v) is 3.85.